The van der Waals surface area contributed by atoms with Gasteiger partial charge in [-0.25, -0.2) is 14.6 Å². The van der Waals surface area contributed by atoms with Crippen molar-refractivity contribution >= 4 is 17.1 Å². The van der Waals surface area contributed by atoms with Crippen molar-refractivity contribution in [2.75, 3.05) is 0 Å². The van der Waals surface area contributed by atoms with E-state index in [0.29, 0.717) is 16.7 Å². The summed E-state index contributed by atoms with van der Waals surface area (Å²) in [6.07, 6.45) is 4.02. The molecule has 1 saturated carbocycles. The Morgan fingerprint density at radius 3 is 3.00 bits per heavy atom. The van der Waals surface area contributed by atoms with Crippen LogP contribution in [0.5, 0.6) is 0 Å². The van der Waals surface area contributed by atoms with Gasteiger partial charge < -0.3 is 0 Å². The van der Waals surface area contributed by atoms with E-state index in [9.17, 15) is 4.79 Å². The minimum atomic E-state index is -0.0150. The van der Waals surface area contributed by atoms with Crippen molar-refractivity contribution in [3.8, 4) is 5.82 Å². The lowest BCUT2D eigenvalue weighted by molar-refractivity contribution is 0.101. The van der Waals surface area contributed by atoms with Gasteiger partial charge in [0.2, 0.25) is 0 Å². The second-order valence-electron chi connectivity index (χ2n) is 3.89. The fraction of sp³-hybridized carbons (Fsp3) is 0.400. The maximum atomic E-state index is 11.1. The number of hydrogen-bond donors (Lipinski definition) is 0. The molecule has 0 atom stereocenters. The summed E-state index contributed by atoms with van der Waals surface area (Å²) in [5.41, 5.74) is 0. The molecular formula is C10H10N4OS. The predicted octanol–water partition coefficient (Wildman–Crippen LogP) is 1.80. The first-order valence-electron chi connectivity index (χ1n) is 5.12. The van der Waals surface area contributed by atoms with Crippen LogP contribution in [0.2, 0.25) is 0 Å². The maximum absolute atomic E-state index is 11.1. The molecule has 82 valence electrons. The van der Waals surface area contributed by atoms with Gasteiger partial charge in [0.05, 0.1) is 0 Å². The molecule has 1 aliphatic rings. The number of carbonyl (C=O) groups excluding carboxylic acids is 1. The molecule has 0 saturated heterocycles. The molecule has 6 heteroatoms. The van der Waals surface area contributed by atoms with E-state index in [1.54, 1.807) is 11.0 Å². The van der Waals surface area contributed by atoms with Crippen molar-refractivity contribution in [3.63, 3.8) is 0 Å². The van der Waals surface area contributed by atoms with Gasteiger partial charge in [-0.15, -0.1) is 16.4 Å². The Labute approximate surface area is 96.2 Å². The molecule has 0 spiro atoms. The van der Waals surface area contributed by atoms with E-state index in [0.717, 1.165) is 5.82 Å². The lowest BCUT2D eigenvalue weighted by Gasteiger charge is -1.91. The number of carbonyl (C=O) groups is 1. The molecule has 0 amide bonds. The molecule has 0 unspecified atom stereocenters. The molecule has 3 rings (SSSR count). The van der Waals surface area contributed by atoms with Crippen LogP contribution in [0.3, 0.4) is 0 Å². The molecule has 0 bridgehead atoms. The molecule has 0 aliphatic heterocycles. The molecule has 0 radical (unpaired) electrons. The van der Waals surface area contributed by atoms with Crippen molar-refractivity contribution in [1.82, 2.24) is 19.7 Å². The van der Waals surface area contributed by atoms with Crippen LogP contribution in [0, 0.1) is 0 Å². The van der Waals surface area contributed by atoms with E-state index in [1.807, 2.05) is 5.38 Å². The van der Waals surface area contributed by atoms with Crippen molar-refractivity contribution in [2.24, 2.45) is 0 Å². The fourth-order valence-electron chi connectivity index (χ4n) is 1.45. The highest BCUT2D eigenvalue weighted by Crippen LogP contribution is 2.37. The average Bonchev–Trinajstić information content (AvgIpc) is 2.83. The number of nitrogens with zero attached hydrogens (tertiary/aromatic N) is 4. The van der Waals surface area contributed by atoms with Gasteiger partial charge in [-0.2, -0.15) is 0 Å². The van der Waals surface area contributed by atoms with Gasteiger partial charge in [-0.3, -0.25) is 4.79 Å². The maximum Gasteiger partial charge on any atom is 0.188 e. The first-order chi connectivity index (χ1) is 7.74. The quantitative estimate of drug-likeness (QED) is 0.760. The summed E-state index contributed by atoms with van der Waals surface area (Å²) in [4.78, 5) is 19.6. The number of aromatic nitrogens is 4. The molecule has 1 fully saturated rings. The summed E-state index contributed by atoms with van der Waals surface area (Å²) >= 11 is 1.34. The molecular weight excluding hydrogens is 224 g/mol. The number of rotatable bonds is 3. The number of thiazole rings is 1. The Hall–Kier alpha value is -1.56. The summed E-state index contributed by atoms with van der Waals surface area (Å²) in [5, 5.41) is 6.69. The van der Waals surface area contributed by atoms with Crippen molar-refractivity contribution in [1.29, 1.82) is 0 Å². The van der Waals surface area contributed by atoms with Gasteiger partial charge in [0.15, 0.2) is 22.4 Å². The molecule has 2 heterocycles. The lowest BCUT2D eigenvalue weighted by atomic mass is 10.4. The first kappa shape index (κ1) is 9.65. The largest absolute Gasteiger partial charge is 0.292 e. The zero-order valence-electron chi connectivity index (χ0n) is 8.75. The Kier molecular flexibility index (Phi) is 2.10. The monoisotopic (exact) mass is 234 g/mol. The minimum Gasteiger partial charge on any atom is -0.292 e. The van der Waals surface area contributed by atoms with Crippen molar-refractivity contribution in [2.45, 2.75) is 25.7 Å². The van der Waals surface area contributed by atoms with Crippen molar-refractivity contribution in [3.05, 3.63) is 22.5 Å². The molecule has 0 N–H and O–H groups in total. The van der Waals surface area contributed by atoms with Crippen molar-refractivity contribution < 1.29 is 4.79 Å². The third-order valence-electron chi connectivity index (χ3n) is 2.48. The summed E-state index contributed by atoms with van der Waals surface area (Å²) in [6, 6.07) is 0. The molecule has 16 heavy (non-hydrogen) atoms. The van der Waals surface area contributed by atoms with E-state index in [1.165, 1.54) is 31.1 Å². The Morgan fingerprint density at radius 1 is 1.56 bits per heavy atom. The Balaban J connectivity index is 1.91. The van der Waals surface area contributed by atoms with E-state index < -0.39 is 0 Å². The standard InChI is InChI=1S/C10H10N4OS/c1-6(15)10-12-8(4-16-10)14-5-11-9(13-14)7-2-3-7/h4-5,7H,2-3H2,1H3. The Bertz CT molecular complexity index is 541. The van der Waals surface area contributed by atoms with Crippen LogP contribution in [-0.2, 0) is 0 Å². The van der Waals surface area contributed by atoms with Gasteiger partial charge in [-0.1, -0.05) is 0 Å². The van der Waals surface area contributed by atoms with Crippen LogP contribution in [0.4, 0.5) is 0 Å². The fourth-order valence-corrected chi connectivity index (χ4v) is 2.14. The second-order valence-corrected chi connectivity index (χ2v) is 4.75. The third kappa shape index (κ3) is 1.65. The zero-order valence-corrected chi connectivity index (χ0v) is 9.57. The van der Waals surface area contributed by atoms with Gasteiger partial charge in [0, 0.05) is 18.2 Å². The minimum absolute atomic E-state index is 0.0150. The average molecular weight is 234 g/mol. The van der Waals surface area contributed by atoms with E-state index in [2.05, 4.69) is 15.1 Å². The highest BCUT2D eigenvalue weighted by molar-refractivity contribution is 7.11. The van der Waals surface area contributed by atoms with Crippen LogP contribution in [-0.4, -0.2) is 25.5 Å². The summed E-state index contributed by atoms with van der Waals surface area (Å²) in [7, 11) is 0. The van der Waals surface area contributed by atoms with Gasteiger partial charge in [-0.05, 0) is 12.8 Å². The summed E-state index contributed by atoms with van der Waals surface area (Å²) < 4.78 is 1.64. The molecule has 2 aromatic rings. The normalized spacial score (nSPS) is 15.3. The predicted molar refractivity (Wildman–Crippen MR) is 59.0 cm³/mol. The summed E-state index contributed by atoms with van der Waals surface area (Å²) in [5.74, 6) is 2.08. The molecule has 0 aromatic carbocycles. The smallest absolute Gasteiger partial charge is 0.188 e. The van der Waals surface area contributed by atoms with Crippen LogP contribution < -0.4 is 0 Å². The van der Waals surface area contributed by atoms with Gasteiger partial charge in [0.1, 0.15) is 6.33 Å². The first-order valence-corrected chi connectivity index (χ1v) is 6.00. The van der Waals surface area contributed by atoms with Crippen LogP contribution in [0.15, 0.2) is 11.7 Å². The number of ketones is 1. The highest BCUT2D eigenvalue weighted by atomic mass is 32.1. The van der Waals surface area contributed by atoms with E-state index >= 15 is 0 Å². The highest BCUT2D eigenvalue weighted by Gasteiger charge is 2.27. The molecule has 1 aliphatic carbocycles. The second kappa shape index (κ2) is 3.48. The zero-order chi connectivity index (χ0) is 11.1. The molecule has 5 nitrogen and oxygen atoms in total. The molecule has 2 aromatic heterocycles. The Morgan fingerprint density at radius 2 is 2.38 bits per heavy atom. The van der Waals surface area contributed by atoms with E-state index in [4.69, 9.17) is 0 Å². The number of hydrogen-bond acceptors (Lipinski definition) is 5. The van der Waals surface area contributed by atoms with Gasteiger partial charge in [0.25, 0.3) is 0 Å². The van der Waals surface area contributed by atoms with Gasteiger partial charge >= 0.3 is 0 Å². The van der Waals surface area contributed by atoms with E-state index in [-0.39, 0.29) is 5.78 Å². The topological polar surface area (TPSA) is 60.7 Å². The third-order valence-corrected chi connectivity index (χ3v) is 3.41. The van der Waals surface area contributed by atoms with Crippen LogP contribution in [0.25, 0.3) is 5.82 Å². The lowest BCUT2D eigenvalue weighted by Crippen LogP contribution is -1.98. The number of Topliss-reactive ketones (excluding diaryl/α,β-unsaturated/α-hetero) is 1. The van der Waals surface area contributed by atoms with Crippen LogP contribution in [0.1, 0.15) is 41.3 Å². The van der Waals surface area contributed by atoms with Crippen LogP contribution >= 0.6 is 11.3 Å². The summed E-state index contributed by atoms with van der Waals surface area (Å²) in [6.45, 7) is 1.51. The SMILES string of the molecule is CC(=O)c1nc(-n2cnc(C3CC3)n2)cs1.